The van der Waals surface area contributed by atoms with Crippen molar-refractivity contribution in [3.05, 3.63) is 29.8 Å². The summed E-state index contributed by atoms with van der Waals surface area (Å²) in [5, 5.41) is 4.13. The maximum absolute atomic E-state index is 12.6. The van der Waals surface area contributed by atoms with E-state index in [4.69, 9.17) is 19.0 Å². The Morgan fingerprint density at radius 3 is 2.50 bits per heavy atom. The third-order valence-corrected chi connectivity index (χ3v) is 4.41. The fourth-order valence-electron chi connectivity index (χ4n) is 3.01. The lowest BCUT2D eigenvalue weighted by molar-refractivity contribution is -0.168. The lowest BCUT2D eigenvalue weighted by atomic mass is 9.92. The van der Waals surface area contributed by atoms with Gasteiger partial charge in [-0.05, 0) is 31.0 Å². The van der Waals surface area contributed by atoms with Gasteiger partial charge in [-0.1, -0.05) is 11.2 Å². The van der Waals surface area contributed by atoms with Crippen molar-refractivity contribution < 1.29 is 32.2 Å². The molecule has 1 aromatic carbocycles. The van der Waals surface area contributed by atoms with Crippen LogP contribution in [0.2, 0.25) is 0 Å². The van der Waals surface area contributed by atoms with Gasteiger partial charge in [0.25, 0.3) is 0 Å². The molecule has 0 radical (unpaired) electrons. The second-order valence-electron chi connectivity index (χ2n) is 6.33. The van der Waals surface area contributed by atoms with Crippen molar-refractivity contribution in [2.75, 3.05) is 26.4 Å². The van der Waals surface area contributed by atoms with Crippen LogP contribution in [0.15, 0.2) is 29.4 Å². The Bertz CT molecular complexity index is 615. The van der Waals surface area contributed by atoms with E-state index in [9.17, 15) is 13.2 Å². The fraction of sp³-hybridized carbons (Fsp3) is 0.611. The minimum atomic E-state index is -4.37. The summed E-state index contributed by atoms with van der Waals surface area (Å²) in [7, 11) is 0. The summed E-state index contributed by atoms with van der Waals surface area (Å²) < 4.78 is 54.5. The second kappa shape index (κ2) is 8.26. The molecule has 144 valence electrons. The van der Waals surface area contributed by atoms with E-state index in [0.717, 1.165) is 43.5 Å². The van der Waals surface area contributed by atoms with Crippen LogP contribution in [0, 0.1) is 0 Å². The molecule has 1 heterocycles. The molecule has 1 aromatic rings. The Hall–Kier alpha value is -1.80. The maximum atomic E-state index is 12.6. The molecule has 1 aliphatic heterocycles. The number of hydrogen-bond acceptors (Lipinski definition) is 5. The van der Waals surface area contributed by atoms with Gasteiger partial charge in [-0.15, -0.1) is 0 Å². The van der Waals surface area contributed by atoms with E-state index in [0.29, 0.717) is 26.2 Å². The number of benzene rings is 1. The third-order valence-electron chi connectivity index (χ3n) is 4.41. The predicted octanol–water partition coefficient (Wildman–Crippen LogP) is 4.16. The minimum absolute atomic E-state index is 0.195. The molecular formula is C18H22F3NO4. The van der Waals surface area contributed by atoms with Gasteiger partial charge in [0.15, 0.2) is 5.79 Å². The molecule has 1 spiro atoms. The van der Waals surface area contributed by atoms with Crippen molar-refractivity contribution in [1.29, 1.82) is 0 Å². The van der Waals surface area contributed by atoms with E-state index in [1.165, 1.54) is 12.1 Å². The van der Waals surface area contributed by atoms with Crippen molar-refractivity contribution in [3.63, 3.8) is 0 Å². The standard InChI is InChI=1S/C18H22F3NO4/c19-18(20,21)14-3-1-4-16(13-14)23-9-2-10-26-22-15-5-7-17(8-6-15)24-11-12-25-17/h1,3-4,13H,2,5-12H2. The van der Waals surface area contributed by atoms with Crippen LogP contribution in [0.3, 0.4) is 0 Å². The molecule has 0 bridgehead atoms. The molecule has 2 aliphatic rings. The highest BCUT2D eigenvalue weighted by molar-refractivity contribution is 5.84. The number of hydrogen-bond donors (Lipinski definition) is 0. The van der Waals surface area contributed by atoms with Gasteiger partial charge in [-0.3, -0.25) is 0 Å². The van der Waals surface area contributed by atoms with Crippen LogP contribution < -0.4 is 4.74 Å². The van der Waals surface area contributed by atoms with Gasteiger partial charge in [0.05, 0.1) is 31.1 Å². The topological polar surface area (TPSA) is 49.3 Å². The number of ether oxygens (including phenoxy) is 3. The molecular weight excluding hydrogens is 351 g/mol. The van der Waals surface area contributed by atoms with Crippen LogP contribution >= 0.6 is 0 Å². The Kier molecular flexibility index (Phi) is 6.03. The summed E-state index contributed by atoms with van der Waals surface area (Å²) >= 11 is 0. The maximum Gasteiger partial charge on any atom is 0.416 e. The van der Waals surface area contributed by atoms with Crippen molar-refractivity contribution >= 4 is 5.71 Å². The highest BCUT2D eigenvalue weighted by Crippen LogP contribution is 2.34. The van der Waals surface area contributed by atoms with E-state index in [2.05, 4.69) is 5.16 Å². The SMILES string of the molecule is FC(F)(F)c1cccc(OCCCON=C2CCC3(CC2)OCCO3)c1. The van der Waals surface area contributed by atoms with Crippen LogP contribution in [0.25, 0.3) is 0 Å². The molecule has 0 unspecified atom stereocenters. The molecule has 26 heavy (non-hydrogen) atoms. The second-order valence-corrected chi connectivity index (χ2v) is 6.33. The molecule has 1 saturated carbocycles. The third kappa shape index (κ3) is 5.11. The number of rotatable bonds is 6. The monoisotopic (exact) mass is 373 g/mol. The minimum Gasteiger partial charge on any atom is -0.493 e. The highest BCUT2D eigenvalue weighted by Gasteiger charge is 2.39. The van der Waals surface area contributed by atoms with Crippen molar-refractivity contribution in [3.8, 4) is 5.75 Å². The van der Waals surface area contributed by atoms with Gasteiger partial charge >= 0.3 is 6.18 Å². The predicted molar refractivity (Wildman–Crippen MR) is 88.0 cm³/mol. The lowest BCUT2D eigenvalue weighted by Crippen LogP contribution is -2.35. The Labute approximate surface area is 150 Å². The van der Waals surface area contributed by atoms with Gasteiger partial charge in [0.1, 0.15) is 12.4 Å². The van der Waals surface area contributed by atoms with Gasteiger partial charge in [-0.25, -0.2) is 0 Å². The van der Waals surface area contributed by atoms with Gasteiger partial charge in [0.2, 0.25) is 0 Å². The van der Waals surface area contributed by atoms with Crippen molar-refractivity contribution in [2.45, 2.75) is 44.1 Å². The fourth-order valence-corrected chi connectivity index (χ4v) is 3.01. The summed E-state index contributed by atoms with van der Waals surface area (Å²) in [5.74, 6) is -0.224. The van der Waals surface area contributed by atoms with E-state index in [-0.39, 0.29) is 12.4 Å². The quantitative estimate of drug-likeness (QED) is 0.555. The van der Waals surface area contributed by atoms with Gasteiger partial charge < -0.3 is 19.0 Å². The normalized spacial score (nSPS) is 19.6. The first-order valence-electron chi connectivity index (χ1n) is 8.73. The number of oxime groups is 1. The molecule has 1 aliphatic carbocycles. The molecule has 1 saturated heterocycles. The summed E-state index contributed by atoms with van der Waals surface area (Å²) in [5.41, 5.74) is 0.261. The molecule has 2 fully saturated rings. The first kappa shape index (κ1) is 19.0. The van der Waals surface area contributed by atoms with Crippen LogP contribution in [0.4, 0.5) is 13.2 Å². The molecule has 8 heteroatoms. The Morgan fingerprint density at radius 2 is 1.81 bits per heavy atom. The molecule has 0 amide bonds. The molecule has 3 rings (SSSR count). The summed E-state index contributed by atoms with van der Waals surface area (Å²) in [6, 6.07) is 4.84. The number of alkyl halides is 3. The largest absolute Gasteiger partial charge is 0.493 e. The molecule has 0 aromatic heterocycles. The zero-order valence-corrected chi connectivity index (χ0v) is 14.4. The Morgan fingerprint density at radius 1 is 1.08 bits per heavy atom. The van der Waals surface area contributed by atoms with E-state index < -0.39 is 17.5 Å². The average molecular weight is 373 g/mol. The molecule has 0 atom stereocenters. The van der Waals surface area contributed by atoms with Crippen LogP contribution in [-0.4, -0.2) is 37.9 Å². The number of halogens is 3. The number of nitrogens with zero attached hydrogens (tertiary/aromatic N) is 1. The summed E-state index contributed by atoms with van der Waals surface area (Å²) in [6.45, 7) is 1.90. The van der Waals surface area contributed by atoms with Crippen LogP contribution in [0.5, 0.6) is 5.75 Å². The zero-order chi connectivity index (χ0) is 18.5. The molecule has 5 nitrogen and oxygen atoms in total. The van der Waals surface area contributed by atoms with E-state index in [1.807, 2.05) is 0 Å². The van der Waals surface area contributed by atoms with Gasteiger partial charge in [-0.2, -0.15) is 13.2 Å². The van der Waals surface area contributed by atoms with Gasteiger partial charge in [0, 0.05) is 19.3 Å². The highest BCUT2D eigenvalue weighted by atomic mass is 19.4. The summed E-state index contributed by atoms with van der Waals surface area (Å²) in [4.78, 5) is 5.29. The lowest BCUT2D eigenvalue weighted by Gasteiger charge is -2.31. The first-order chi connectivity index (χ1) is 12.5. The van der Waals surface area contributed by atoms with Crippen LogP contribution in [-0.2, 0) is 20.5 Å². The average Bonchev–Trinajstić information content (AvgIpc) is 3.07. The smallest absolute Gasteiger partial charge is 0.416 e. The van der Waals surface area contributed by atoms with Crippen molar-refractivity contribution in [2.24, 2.45) is 5.16 Å². The first-order valence-corrected chi connectivity index (χ1v) is 8.73. The van der Waals surface area contributed by atoms with E-state index >= 15 is 0 Å². The Balaban J connectivity index is 1.32. The zero-order valence-electron chi connectivity index (χ0n) is 14.4. The summed E-state index contributed by atoms with van der Waals surface area (Å²) in [6.07, 6.45) is -0.710. The van der Waals surface area contributed by atoms with Crippen LogP contribution in [0.1, 0.15) is 37.7 Å². The van der Waals surface area contributed by atoms with E-state index in [1.54, 1.807) is 0 Å². The molecule has 0 N–H and O–H groups in total. The van der Waals surface area contributed by atoms with Crippen molar-refractivity contribution in [1.82, 2.24) is 0 Å².